The van der Waals surface area contributed by atoms with Gasteiger partial charge in [-0.2, -0.15) is 0 Å². The Morgan fingerprint density at radius 3 is 1.11 bits per heavy atom. The first-order chi connectivity index (χ1) is 35.3. The fraction of sp³-hybridized carbons (Fsp3) is 0.958. The molecule has 26 nitrogen and oxygen atoms in total. The zero-order chi connectivity index (χ0) is 55.3. The van der Waals surface area contributed by atoms with Gasteiger partial charge in [-0.3, -0.25) is 9.59 Å². The Morgan fingerprint density at radius 2 is 0.784 bits per heavy atom. The topological polar surface area (TPSA) is 425 Å². The molecule has 0 bridgehead atoms. The van der Waals surface area contributed by atoms with Crippen molar-refractivity contribution in [3.05, 3.63) is 0 Å². The van der Waals surface area contributed by atoms with Crippen molar-refractivity contribution in [3.8, 4) is 0 Å². The molecule has 74 heavy (non-hydrogen) atoms. The zero-order valence-corrected chi connectivity index (χ0v) is 43.3. The highest BCUT2D eigenvalue weighted by atomic mass is 16.7. The molecule has 0 aromatic heterocycles. The van der Waals surface area contributed by atoms with E-state index in [0.717, 1.165) is 90.1 Å². The Balaban J connectivity index is 2.07. The monoisotopic (exact) mass is 1080 g/mol. The van der Waals surface area contributed by atoms with Gasteiger partial charge in [0.15, 0.2) is 24.8 Å². The first-order valence-corrected chi connectivity index (χ1v) is 26.6. The molecule has 0 radical (unpaired) electrons. The molecule has 2 rings (SSSR count). The summed E-state index contributed by atoms with van der Waals surface area (Å²) in [6, 6.07) is 0. The second-order valence-electron chi connectivity index (χ2n) is 19.5. The number of nitrogens with zero attached hydrogens (tertiary/aromatic N) is 2. The lowest BCUT2D eigenvalue weighted by molar-refractivity contribution is -0.326. The molecule has 18 atom stereocenters. The van der Waals surface area contributed by atoms with Crippen LogP contribution in [0.2, 0.25) is 0 Å². The number of nitrogens with one attached hydrogen (secondary N) is 2. The van der Waals surface area contributed by atoms with Crippen LogP contribution in [0.25, 0.3) is 0 Å². The van der Waals surface area contributed by atoms with Gasteiger partial charge in [0.2, 0.25) is 0 Å². The Hall–Kier alpha value is -1.94. The third kappa shape index (κ3) is 22.8. The maximum absolute atomic E-state index is 13.1. The van der Waals surface area contributed by atoms with Gasteiger partial charge in [0.25, 0.3) is 11.8 Å². The number of ether oxygens (including phenoxy) is 4. The lowest BCUT2D eigenvalue weighted by Crippen LogP contribution is -2.62. The maximum atomic E-state index is 13.1. The van der Waals surface area contributed by atoms with Crippen molar-refractivity contribution < 1.29 is 110 Å². The molecule has 2 saturated heterocycles. The van der Waals surface area contributed by atoms with Gasteiger partial charge in [-0.1, -0.05) is 78.1 Å². The lowest BCUT2D eigenvalue weighted by atomic mass is 9.98. The van der Waals surface area contributed by atoms with Crippen molar-refractivity contribution in [2.24, 2.45) is 0 Å². The molecular formula is C48H94N4O22. The molecule has 0 aromatic rings. The van der Waals surface area contributed by atoms with Crippen LogP contribution in [-0.4, -0.2) is 292 Å². The number of aliphatic hydroxyl groups is 16. The highest BCUT2D eigenvalue weighted by Crippen LogP contribution is 2.27. The van der Waals surface area contributed by atoms with Crippen molar-refractivity contribution >= 4 is 11.8 Å². The minimum Gasteiger partial charge on any atom is -0.394 e. The maximum Gasteiger partial charge on any atom is 0.251 e. The van der Waals surface area contributed by atoms with Gasteiger partial charge in [-0.15, -0.1) is 0 Å². The summed E-state index contributed by atoms with van der Waals surface area (Å²) in [6.45, 7) is 4.65. The number of hydrogen-bond donors (Lipinski definition) is 18. The fourth-order valence-corrected chi connectivity index (χ4v) is 8.77. The predicted octanol–water partition coefficient (Wildman–Crippen LogP) is -6.16. The molecule has 2 aliphatic heterocycles. The Morgan fingerprint density at radius 1 is 0.459 bits per heavy atom. The van der Waals surface area contributed by atoms with E-state index in [4.69, 9.17) is 18.9 Å². The van der Waals surface area contributed by atoms with Gasteiger partial charge in [0, 0.05) is 26.2 Å². The molecule has 18 N–H and O–H groups in total. The minimum absolute atomic E-state index is 0.0672. The van der Waals surface area contributed by atoms with E-state index in [9.17, 15) is 91.3 Å². The SMILES string of the molecule is CCCCCCCCN(CCCNC(=O)[C@H](O)[C@H](O)[C@H](O[C@@H]1O[C@H](CO)[C@@H](O)[C@H](O)[C@H]1O)[C@H](O)CO)CCN(CCCCCCCC)CCCNC(=O)[C@H](O)[C@H](O)[C@H](O[C@@H]1O[C@H](CO)[C@@H](O)[C@H](O)[C@H]1O)[C@H](O)CO. The molecule has 2 fully saturated rings. The van der Waals surface area contributed by atoms with E-state index in [1.807, 2.05) is 0 Å². The van der Waals surface area contributed by atoms with Gasteiger partial charge < -0.3 is 121 Å². The van der Waals surface area contributed by atoms with Crippen molar-refractivity contribution in [2.45, 2.75) is 214 Å². The molecular weight excluding hydrogens is 985 g/mol. The van der Waals surface area contributed by atoms with Crippen molar-refractivity contribution in [1.82, 2.24) is 20.4 Å². The molecule has 2 aliphatic rings. The van der Waals surface area contributed by atoms with E-state index >= 15 is 0 Å². The van der Waals surface area contributed by atoms with Crippen LogP contribution in [0.15, 0.2) is 0 Å². The number of aliphatic hydroxyl groups excluding tert-OH is 16. The average molecular weight is 1080 g/mol. The summed E-state index contributed by atoms with van der Waals surface area (Å²) in [5.41, 5.74) is 0. The Kier molecular flexibility index (Phi) is 34.8. The average Bonchev–Trinajstić information content (AvgIpc) is 3.40. The van der Waals surface area contributed by atoms with Crippen LogP contribution in [-0.2, 0) is 28.5 Å². The minimum atomic E-state index is -2.20. The van der Waals surface area contributed by atoms with Crippen molar-refractivity contribution in [1.29, 1.82) is 0 Å². The molecule has 0 aromatic carbocycles. The van der Waals surface area contributed by atoms with Crippen LogP contribution in [0.1, 0.15) is 104 Å². The van der Waals surface area contributed by atoms with Gasteiger partial charge >= 0.3 is 0 Å². The number of rotatable bonds is 41. The smallest absolute Gasteiger partial charge is 0.251 e. The Bertz CT molecular complexity index is 1360. The quantitative estimate of drug-likeness (QED) is 0.0253. The molecule has 0 aliphatic carbocycles. The summed E-state index contributed by atoms with van der Waals surface area (Å²) in [7, 11) is 0. The molecule has 438 valence electrons. The van der Waals surface area contributed by atoms with Gasteiger partial charge in [0.05, 0.1) is 26.4 Å². The first kappa shape index (κ1) is 68.2. The van der Waals surface area contributed by atoms with Crippen molar-refractivity contribution in [3.63, 3.8) is 0 Å². The molecule has 0 saturated carbocycles. The summed E-state index contributed by atoms with van der Waals surface area (Å²) < 4.78 is 21.4. The first-order valence-electron chi connectivity index (χ1n) is 26.6. The molecule has 2 heterocycles. The highest BCUT2D eigenvalue weighted by Gasteiger charge is 2.49. The summed E-state index contributed by atoms with van der Waals surface area (Å²) in [6.07, 6.45) is -20.4. The van der Waals surface area contributed by atoms with Crippen LogP contribution < -0.4 is 10.6 Å². The number of carbonyl (C=O) groups excluding carboxylic acids is 2. The summed E-state index contributed by atoms with van der Waals surface area (Å²) >= 11 is 0. The van der Waals surface area contributed by atoms with E-state index in [2.05, 4.69) is 34.3 Å². The largest absolute Gasteiger partial charge is 0.394 e. The van der Waals surface area contributed by atoms with E-state index in [-0.39, 0.29) is 13.1 Å². The van der Waals surface area contributed by atoms with Crippen LogP contribution in [0.3, 0.4) is 0 Å². The van der Waals surface area contributed by atoms with Crippen LogP contribution in [0, 0.1) is 0 Å². The summed E-state index contributed by atoms with van der Waals surface area (Å²) in [5.74, 6) is -2.06. The number of unbranched alkanes of at least 4 members (excludes halogenated alkanes) is 10. The predicted molar refractivity (Wildman–Crippen MR) is 262 cm³/mol. The fourth-order valence-electron chi connectivity index (χ4n) is 8.77. The second-order valence-corrected chi connectivity index (χ2v) is 19.5. The van der Waals surface area contributed by atoms with Crippen LogP contribution in [0.4, 0.5) is 0 Å². The number of carbonyl (C=O) groups is 2. The molecule has 26 heteroatoms. The third-order valence-electron chi connectivity index (χ3n) is 13.6. The van der Waals surface area contributed by atoms with Crippen molar-refractivity contribution in [2.75, 3.05) is 78.8 Å². The van der Waals surface area contributed by atoms with Crippen LogP contribution in [0.5, 0.6) is 0 Å². The number of amides is 2. The Labute approximate surface area is 434 Å². The van der Waals surface area contributed by atoms with E-state index < -0.39 is 148 Å². The normalized spacial score (nSPS) is 27.8. The van der Waals surface area contributed by atoms with E-state index in [1.165, 1.54) is 0 Å². The van der Waals surface area contributed by atoms with E-state index in [0.29, 0.717) is 39.0 Å². The summed E-state index contributed by atoms with van der Waals surface area (Å²) in [4.78, 5) is 30.7. The van der Waals surface area contributed by atoms with Gasteiger partial charge in [-0.25, -0.2) is 0 Å². The zero-order valence-electron chi connectivity index (χ0n) is 43.3. The number of hydrogen-bond acceptors (Lipinski definition) is 24. The third-order valence-corrected chi connectivity index (χ3v) is 13.6. The van der Waals surface area contributed by atoms with Crippen LogP contribution >= 0.6 is 0 Å². The standard InChI is InChI=1S/C48H94N4O22/c1-3-5-7-9-11-13-19-51(21-15-17-49-45(69)39(65)37(63)43(29(57)25-53)73-47-41(67)35(61)33(59)31(27-55)71-47)23-24-52(20-14-12-10-8-6-4-2)22-16-18-50-46(70)40(66)38(64)44(30(58)26-54)74-48-42(68)36(62)34(60)32(28-56)72-48/h29-44,47-48,53-68H,3-28H2,1-2H3,(H,49,69)(H,50,70)/t29-,30-,31-,32-,33-,34-,35+,36+,37+,38+,39-,40-,41-,42-,43-,44-,47+,48+/m1/s1. The lowest BCUT2D eigenvalue weighted by Gasteiger charge is -2.42. The van der Waals surface area contributed by atoms with E-state index in [1.54, 1.807) is 0 Å². The molecule has 2 amide bonds. The van der Waals surface area contributed by atoms with Gasteiger partial charge in [0.1, 0.15) is 85.5 Å². The molecule has 0 unspecified atom stereocenters. The second kappa shape index (κ2) is 37.8. The summed E-state index contributed by atoms with van der Waals surface area (Å²) in [5, 5.41) is 169. The molecule has 0 spiro atoms. The highest BCUT2D eigenvalue weighted by molar-refractivity contribution is 5.81. The van der Waals surface area contributed by atoms with Gasteiger partial charge in [-0.05, 0) is 51.9 Å².